The van der Waals surface area contributed by atoms with Crippen LogP contribution in [0.4, 0.5) is 0 Å². The lowest BCUT2D eigenvalue weighted by Crippen LogP contribution is -1.92. The summed E-state index contributed by atoms with van der Waals surface area (Å²) >= 11 is 0. The summed E-state index contributed by atoms with van der Waals surface area (Å²) in [5.41, 5.74) is 2.26. The van der Waals surface area contributed by atoms with Crippen LogP contribution in [0.15, 0.2) is 0 Å². The second-order valence-electron chi connectivity index (χ2n) is 3.10. The first kappa shape index (κ1) is 8.93. The summed E-state index contributed by atoms with van der Waals surface area (Å²) in [6, 6.07) is 0. The van der Waals surface area contributed by atoms with E-state index < -0.39 is 0 Å². The summed E-state index contributed by atoms with van der Waals surface area (Å²) in [6.45, 7) is 4.01. The quantitative estimate of drug-likeness (QED) is 0.738. The lowest BCUT2D eigenvalue weighted by molar-refractivity contribution is 0.111. The number of carbonyl (C=O) groups excluding carboxylic acids is 1. The van der Waals surface area contributed by atoms with Gasteiger partial charge in [-0.05, 0) is 6.42 Å². The van der Waals surface area contributed by atoms with Gasteiger partial charge in [0.1, 0.15) is 11.5 Å². The summed E-state index contributed by atoms with van der Waals surface area (Å²) in [5, 5.41) is 8.28. The number of hydrogen-bond donors (Lipinski definition) is 1. The van der Waals surface area contributed by atoms with Gasteiger partial charge in [0, 0.05) is 12.0 Å². The van der Waals surface area contributed by atoms with E-state index in [9.17, 15) is 4.79 Å². The van der Waals surface area contributed by atoms with Gasteiger partial charge in [-0.15, -0.1) is 14.8 Å². The van der Waals surface area contributed by atoms with E-state index in [4.69, 9.17) is 0 Å². The number of nitrogens with zero attached hydrogens (tertiary/aromatic N) is 3. The van der Waals surface area contributed by atoms with E-state index >= 15 is 0 Å². The van der Waals surface area contributed by atoms with Crippen molar-refractivity contribution in [1.82, 2.24) is 19.8 Å². The monoisotopic (exact) mass is 192 g/mol. The van der Waals surface area contributed by atoms with E-state index in [0.717, 1.165) is 36.2 Å². The Morgan fingerprint density at radius 2 is 2.14 bits per heavy atom. The Kier molecular flexibility index (Phi) is 2.07. The molecule has 0 aliphatic carbocycles. The molecule has 0 saturated heterocycles. The molecule has 5 heteroatoms. The molecule has 5 nitrogen and oxygen atoms in total. The molecule has 0 aliphatic rings. The Morgan fingerprint density at radius 1 is 1.36 bits per heavy atom. The maximum absolute atomic E-state index is 10.7. The van der Waals surface area contributed by atoms with E-state index in [-0.39, 0.29) is 0 Å². The number of aldehydes is 1. The fraction of sp³-hybridized carbons (Fsp3) is 0.444. The van der Waals surface area contributed by atoms with Gasteiger partial charge in [0.25, 0.3) is 0 Å². The first-order chi connectivity index (χ1) is 6.80. The number of aromatic nitrogens is 4. The predicted molar refractivity (Wildman–Crippen MR) is 51.5 cm³/mol. The molecule has 0 bridgehead atoms. The molecule has 0 atom stereocenters. The topological polar surface area (TPSA) is 63.1 Å². The molecule has 0 unspecified atom stereocenters. The molecule has 0 fully saturated rings. The van der Waals surface area contributed by atoms with Crippen molar-refractivity contribution >= 4 is 11.9 Å². The molecule has 2 aromatic rings. The standard InChI is InChI=1S/C9H12N4O/c1-3-6-7(5-14)11-13-9(6)10-8(4-2)12-13/h5H,3-4H2,1-2H3,(H,10,12). The van der Waals surface area contributed by atoms with Crippen LogP contribution in [-0.2, 0) is 12.8 Å². The number of nitrogens with one attached hydrogen (secondary N) is 1. The number of aromatic amines is 1. The Balaban J connectivity index is 2.67. The van der Waals surface area contributed by atoms with Gasteiger partial charge in [0.2, 0.25) is 0 Å². The summed E-state index contributed by atoms with van der Waals surface area (Å²) in [6.07, 6.45) is 2.39. The first-order valence-corrected chi connectivity index (χ1v) is 4.72. The number of fused-ring (bicyclic) bond motifs is 1. The Morgan fingerprint density at radius 3 is 2.71 bits per heavy atom. The Hall–Kier alpha value is -1.65. The van der Waals surface area contributed by atoms with Crippen LogP contribution in [0.3, 0.4) is 0 Å². The van der Waals surface area contributed by atoms with Crippen LogP contribution < -0.4 is 0 Å². The maximum atomic E-state index is 10.7. The maximum Gasteiger partial charge on any atom is 0.170 e. The van der Waals surface area contributed by atoms with E-state index in [1.807, 2.05) is 13.8 Å². The average molecular weight is 192 g/mol. The molecule has 0 spiro atoms. The van der Waals surface area contributed by atoms with E-state index in [0.29, 0.717) is 5.69 Å². The lowest BCUT2D eigenvalue weighted by Gasteiger charge is -1.89. The van der Waals surface area contributed by atoms with Gasteiger partial charge in [-0.2, -0.15) is 0 Å². The molecule has 0 radical (unpaired) electrons. The van der Waals surface area contributed by atoms with E-state index in [1.165, 1.54) is 4.63 Å². The zero-order chi connectivity index (χ0) is 10.1. The zero-order valence-corrected chi connectivity index (χ0v) is 8.24. The van der Waals surface area contributed by atoms with Crippen molar-refractivity contribution in [2.75, 3.05) is 0 Å². The fourth-order valence-corrected chi connectivity index (χ4v) is 1.53. The van der Waals surface area contributed by atoms with Crippen LogP contribution in [0.1, 0.15) is 35.7 Å². The number of carbonyl (C=O) groups is 1. The summed E-state index contributed by atoms with van der Waals surface area (Å²) < 4.78 is 1.50. The second kappa shape index (κ2) is 3.25. The molecule has 14 heavy (non-hydrogen) atoms. The molecular formula is C9H12N4O. The molecule has 74 valence electrons. The van der Waals surface area contributed by atoms with E-state index in [1.54, 1.807) is 0 Å². The van der Waals surface area contributed by atoms with Gasteiger partial charge in [-0.1, -0.05) is 13.8 Å². The number of hydrogen-bond acceptors (Lipinski definition) is 3. The van der Waals surface area contributed by atoms with Gasteiger partial charge < -0.3 is 4.98 Å². The minimum Gasteiger partial charge on any atom is -0.325 e. The molecule has 2 rings (SSSR count). The van der Waals surface area contributed by atoms with Crippen LogP contribution in [0.2, 0.25) is 0 Å². The Labute approximate surface area is 81.1 Å². The van der Waals surface area contributed by atoms with E-state index in [2.05, 4.69) is 15.2 Å². The molecule has 0 aliphatic heterocycles. The van der Waals surface area contributed by atoms with Crippen molar-refractivity contribution < 1.29 is 4.79 Å². The van der Waals surface area contributed by atoms with Gasteiger partial charge in [-0.25, -0.2) is 0 Å². The van der Waals surface area contributed by atoms with Crippen LogP contribution in [0, 0.1) is 0 Å². The highest BCUT2D eigenvalue weighted by atomic mass is 16.1. The predicted octanol–water partition coefficient (Wildman–Crippen LogP) is 0.995. The highest BCUT2D eigenvalue weighted by Crippen LogP contribution is 2.13. The highest BCUT2D eigenvalue weighted by molar-refractivity contribution is 5.78. The first-order valence-electron chi connectivity index (χ1n) is 4.72. The second-order valence-corrected chi connectivity index (χ2v) is 3.10. The average Bonchev–Trinajstić information content (AvgIpc) is 2.72. The minimum absolute atomic E-state index is 0.480. The third-order valence-electron chi connectivity index (χ3n) is 2.28. The van der Waals surface area contributed by atoms with Gasteiger partial charge >= 0.3 is 0 Å². The molecular weight excluding hydrogens is 180 g/mol. The normalized spacial score (nSPS) is 11.0. The molecule has 0 amide bonds. The minimum atomic E-state index is 0.480. The van der Waals surface area contributed by atoms with Crippen LogP contribution in [0.5, 0.6) is 0 Å². The fourth-order valence-electron chi connectivity index (χ4n) is 1.53. The molecule has 2 aromatic heterocycles. The number of H-pyrrole nitrogens is 1. The number of rotatable bonds is 3. The zero-order valence-electron chi connectivity index (χ0n) is 8.24. The van der Waals surface area contributed by atoms with Gasteiger partial charge in [0.15, 0.2) is 11.9 Å². The summed E-state index contributed by atoms with van der Waals surface area (Å²) in [5.74, 6) is 0.889. The van der Waals surface area contributed by atoms with Crippen molar-refractivity contribution in [2.24, 2.45) is 0 Å². The summed E-state index contributed by atoms with van der Waals surface area (Å²) in [7, 11) is 0. The largest absolute Gasteiger partial charge is 0.325 e. The number of aryl methyl sites for hydroxylation is 2. The van der Waals surface area contributed by atoms with Crippen molar-refractivity contribution in [3.05, 3.63) is 17.1 Å². The van der Waals surface area contributed by atoms with Crippen molar-refractivity contribution in [2.45, 2.75) is 26.7 Å². The molecule has 2 heterocycles. The van der Waals surface area contributed by atoms with Crippen LogP contribution in [-0.4, -0.2) is 26.1 Å². The molecule has 0 aromatic carbocycles. The third kappa shape index (κ3) is 1.13. The summed E-state index contributed by atoms with van der Waals surface area (Å²) in [4.78, 5) is 13.8. The highest BCUT2D eigenvalue weighted by Gasteiger charge is 2.13. The lowest BCUT2D eigenvalue weighted by atomic mass is 10.2. The molecule has 1 N–H and O–H groups in total. The Bertz CT molecular complexity index is 468. The smallest absolute Gasteiger partial charge is 0.170 e. The van der Waals surface area contributed by atoms with Crippen LogP contribution >= 0.6 is 0 Å². The van der Waals surface area contributed by atoms with Gasteiger partial charge in [0.05, 0.1) is 0 Å². The molecule has 0 saturated carbocycles. The van der Waals surface area contributed by atoms with Crippen molar-refractivity contribution in [3.63, 3.8) is 0 Å². The SMILES string of the molecule is CCc1nn2nc(C=O)c(CC)c2[nH]1. The van der Waals surface area contributed by atoms with Crippen molar-refractivity contribution in [1.29, 1.82) is 0 Å². The third-order valence-corrected chi connectivity index (χ3v) is 2.28. The van der Waals surface area contributed by atoms with Crippen LogP contribution in [0.25, 0.3) is 5.65 Å². The van der Waals surface area contributed by atoms with Crippen molar-refractivity contribution in [3.8, 4) is 0 Å². The van der Waals surface area contributed by atoms with Gasteiger partial charge in [-0.3, -0.25) is 4.79 Å².